The zero-order valence-corrected chi connectivity index (χ0v) is 11.6. The Balaban J connectivity index is 2.37. The predicted molar refractivity (Wildman–Crippen MR) is 70.6 cm³/mol. The molecule has 1 aromatic heterocycles. The van der Waals surface area contributed by atoms with Crippen molar-refractivity contribution in [3.63, 3.8) is 0 Å². The lowest BCUT2D eigenvalue weighted by molar-refractivity contribution is 0.0217. The van der Waals surface area contributed by atoms with Crippen LogP contribution in [0.2, 0.25) is 0 Å². The summed E-state index contributed by atoms with van der Waals surface area (Å²) in [6, 6.07) is 3.99. The number of hydrogen-bond donors (Lipinski definition) is 1. The highest BCUT2D eigenvalue weighted by Crippen LogP contribution is 2.32. The van der Waals surface area contributed by atoms with Crippen LogP contribution in [0.4, 0.5) is 4.39 Å². The first-order valence-electron chi connectivity index (χ1n) is 6.47. The molecule has 0 aliphatic rings. The first kappa shape index (κ1) is 14.5. The van der Waals surface area contributed by atoms with Crippen LogP contribution in [0.1, 0.15) is 32.7 Å². The number of aromatic hydroxyl groups is 1. The lowest BCUT2D eigenvalue weighted by Gasteiger charge is -2.16. The highest BCUT2D eigenvalue weighted by atomic mass is 19.1. The number of phenols is 1. The van der Waals surface area contributed by atoms with Gasteiger partial charge in [-0.05, 0) is 25.0 Å². The van der Waals surface area contributed by atoms with Gasteiger partial charge in [0.05, 0.1) is 0 Å². The molecular weight excluding hydrogens is 263 g/mol. The van der Waals surface area contributed by atoms with E-state index < -0.39 is 5.82 Å². The van der Waals surface area contributed by atoms with Crippen LogP contribution in [0.15, 0.2) is 22.7 Å². The summed E-state index contributed by atoms with van der Waals surface area (Å²) in [4.78, 5) is 4.14. The molecule has 1 N–H and O–H groups in total. The van der Waals surface area contributed by atoms with Gasteiger partial charge in [0.25, 0.3) is 5.89 Å². The van der Waals surface area contributed by atoms with E-state index in [1.807, 2.05) is 20.8 Å². The fraction of sp³-hybridized carbons (Fsp3) is 0.429. The van der Waals surface area contributed by atoms with Gasteiger partial charge in [0.1, 0.15) is 23.2 Å². The normalized spacial score (nSPS) is 12.8. The molecule has 0 radical (unpaired) electrons. The Bertz CT molecular complexity index is 563. The molecule has 0 fully saturated rings. The maximum absolute atomic E-state index is 13.7. The van der Waals surface area contributed by atoms with Gasteiger partial charge in [-0.2, -0.15) is 4.98 Å². The van der Waals surface area contributed by atoms with E-state index in [1.54, 1.807) is 0 Å². The Morgan fingerprint density at radius 1 is 1.40 bits per heavy atom. The fourth-order valence-electron chi connectivity index (χ4n) is 1.92. The third-order valence-corrected chi connectivity index (χ3v) is 2.85. The molecule has 1 unspecified atom stereocenters. The molecule has 1 heterocycles. The van der Waals surface area contributed by atoms with Crippen LogP contribution >= 0.6 is 0 Å². The SMILES string of the molecule is CCOC(c1noc(-c2c(O)cccc2F)n1)C(C)C. The third-order valence-electron chi connectivity index (χ3n) is 2.85. The Kier molecular flexibility index (Phi) is 4.34. The zero-order chi connectivity index (χ0) is 14.7. The maximum Gasteiger partial charge on any atom is 0.264 e. The monoisotopic (exact) mass is 280 g/mol. The Hall–Kier alpha value is -1.95. The van der Waals surface area contributed by atoms with E-state index in [-0.39, 0.29) is 29.2 Å². The summed E-state index contributed by atoms with van der Waals surface area (Å²) >= 11 is 0. The summed E-state index contributed by atoms with van der Waals surface area (Å²) in [5.74, 6) is -0.412. The average molecular weight is 280 g/mol. The largest absolute Gasteiger partial charge is 0.507 e. The van der Waals surface area contributed by atoms with Crippen LogP contribution in [-0.4, -0.2) is 21.9 Å². The van der Waals surface area contributed by atoms with Crippen molar-refractivity contribution in [1.82, 2.24) is 10.1 Å². The van der Waals surface area contributed by atoms with Gasteiger partial charge in [-0.3, -0.25) is 0 Å². The van der Waals surface area contributed by atoms with Crippen molar-refractivity contribution in [3.8, 4) is 17.2 Å². The van der Waals surface area contributed by atoms with E-state index in [0.717, 1.165) is 0 Å². The molecule has 2 aromatic rings. The first-order chi connectivity index (χ1) is 9.54. The molecule has 2 rings (SSSR count). The minimum Gasteiger partial charge on any atom is -0.507 e. The summed E-state index contributed by atoms with van der Waals surface area (Å²) in [5, 5.41) is 13.5. The van der Waals surface area contributed by atoms with Gasteiger partial charge in [-0.25, -0.2) is 4.39 Å². The molecule has 0 amide bonds. The molecular formula is C14H17FN2O3. The predicted octanol–water partition coefficient (Wildman–Crippen LogP) is 3.31. The minimum absolute atomic E-state index is 0.0547. The standard InChI is InChI=1S/C14H17FN2O3/c1-4-19-12(8(2)3)13-16-14(20-17-13)11-9(15)6-5-7-10(11)18/h5-8,12,18H,4H2,1-3H3. The summed E-state index contributed by atoms with van der Waals surface area (Å²) < 4.78 is 24.3. The van der Waals surface area contributed by atoms with Crippen LogP contribution in [0.5, 0.6) is 5.75 Å². The average Bonchev–Trinajstić information content (AvgIpc) is 2.84. The van der Waals surface area contributed by atoms with Crippen molar-refractivity contribution in [1.29, 1.82) is 0 Å². The highest BCUT2D eigenvalue weighted by molar-refractivity contribution is 5.62. The molecule has 6 heteroatoms. The Morgan fingerprint density at radius 3 is 2.75 bits per heavy atom. The summed E-state index contributed by atoms with van der Waals surface area (Å²) in [6.45, 7) is 6.32. The molecule has 5 nitrogen and oxygen atoms in total. The molecule has 1 atom stereocenters. The number of phenolic OH excluding ortho intramolecular Hbond substituents is 1. The van der Waals surface area contributed by atoms with E-state index in [9.17, 15) is 9.50 Å². The second kappa shape index (κ2) is 6.00. The van der Waals surface area contributed by atoms with E-state index in [4.69, 9.17) is 9.26 Å². The summed E-state index contributed by atoms with van der Waals surface area (Å²) in [6.07, 6.45) is -0.327. The van der Waals surface area contributed by atoms with Gasteiger partial charge in [-0.1, -0.05) is 25.1 Å². The smallest absolute Gasteiger partial charge is 0.264 e. The van der Waals surface area contributed by atoms with Crippen molar-refractivity contribution in [3.05, 3.63) is 29.8 Å². The maximum atomic E-state index is 13.7. The Labute approximate surface area is 116 Å². The van der Waals surface area contributed by atoms with Crippen molar-refractivity contribution in [2.45, 2.75) is 26.9 Å². The van der Waals surface area contributed by atoms with E-state index >= 15 is 0 Å². The molecule has 108 valence electrons. The number of nitrogens with zero attached hydrogens (tertiary/aromatic N) is 2. The molecule has 20 heavy (non-hydrogen) atoms. The molecule has 0 aliphatic heterocycles. The van der Waals surface area contributed by atoms with Gasteiger partial charge in [0, 0.05) is 6.61 Å². The van der Waals surface area contributed by atoms with Crippen LogP contribution < -0.4 is 0 Å². The van der Waals surface area contributed by atoms with Crippen LogP contribution in [0.25, 0.3) is 11.5 Å². The molecule has 0 bridgehead atoms. The topological polar surface area (TPSA) is 68.4 Å². The number of benzene rings is 1. The van der Waals surface area contributed by atoms with Crippen LogP contribution in [0, 0.1) is 11.7 Å². The van der Waals surface area contributed by atoms with Gasteiger partial charge in [-0.15, -0.1) is 0 Å². The highest BCUT2D eigenvalue weighted by Gasteiger charge is 2.24. The van der Waals surface area contributed by atoms with Gasteiger partial charge < -0.3 is 14.4 Å². The van der Waals surface area contributed by atoms with Crippen molar-refractivity contribution >= 4 is 0 Å². The lowest BCUT2D eigenvalue weighted by atomic mass is 10.1. The number of ether oxygens (including phenoxy) is 1. The number of aromatic nitrogens is 2. The van der Waals surface area contributed by atoms with Gasteiger partial charge in [0.2, 0.25) is 5.82 Å². The summed E-state index contributed by atoms with van der Waals surface area (Å²) in [7, 11) is 0. The van der Waals surface area contributed by atoms with Gasteiger partial charge >= 0.3 is 0 Å². The van der Waals surface area contributed by atoms with Crippen molar-refractivity contribution in [2.75, 3.05) is 6.61 Å². The zero-order valence-electron chi connectivity index (χ0n) is 11.6. The summed E-state index contributed by atoms with van der Waals surface area (Å²) in [5.41, 5.74) is -0.0924. The molecule has 0 spiro atoms. The first-order valence-corrected chi connectivity index (χ1v) is 6.47. The Morgan fingerprint density at radius 2 is 2.15 bits per heavy atom. The third kappa shape index (κ3) is 2.80. The van der Waals surface area contributed by atoms with Gasteiger partial charge in [0.15, 0.2) is 0 Å². The lowest BCUT2D eigenvalue weighted by Crippen LogP contribution is -2.12. The van der Waals surface area contributed by atoms with Crippen LogP contribution in [-0.2, 0) is 4.74 Å². The minimum atomic E-state index is -0.613. The molecule has 1 aromatic carbocycles. The number of rotatable bonds is 5. The molecule has 0 aliphatic carbocycles. The molecule has 0 saturated heterocycles. The second-order valence-corrected chi connectivity index (χ2v) is 4.71. The van der Waals surface area contributed by atoms with E-state index in [1.165, 1.54) is 18.2 Å². The fourth-order valence-corrected chi connectivity index (χ4v) is 1.92. The van der Waals surface area contributed by atoms with E-state index in [2.05, 4.69) is 10.1 Å². The number of hydrogen-bond acceptors (Lipinski definition) is 5. The molecule has 0 saturated carbocycles. The quantitative estimate of drug-likeness (QED) is 0.910. The number of halogens is 1. The van der Waals surface area contributed by atoms with E-state index in [0.29, 0.717) is 12.4 Å². The van der Waals surface area contributed by atoms with Crippen LogP contribution in [0.3, 0.4) is 0 Å². The van der Waals surface area contributed by atoms with Crippen molar-refractivity contribution in [2.24, 2.45) is 5.92 Å². The second-order valence-electron chi connectivity index (χ2n) is 4.71. The van der Waals surface area contributed by atoms with Crippen molar-refractivity contribution < 1.29 is 18.8 Å².